The highest BCUT2D eigenvalue weighted by molar-refractivity contribution is 7.90. The zero-order chi connectivity index (χ0) is 31.6. The van der Waals surface area contributed by atoms with Crippen LogP contribution in [0, 0.1) is 23.2 Å². The Morgan fingerprint density at radius 1 is 1.11 bits per heavy atom. The molecule has 2 aliphatic heterocycles. The van der Waals surface area contributed by atoms with Crippen molar-refractivity contribution in [3.05, 3.63) is 70.3 Å². The van der Waals surface area contributed by atoms with Gasteiger partial charge in [0.15, 0.2) is 0 Å². The molecule has 44 heavy (non-hydrogen) atoms. The Morgan fingerprint density at radius 3 is 2.64 bits per heavy atom. The molecular weight excluding hydrogens is 596 g/mol. The smallest absolute Gasteiger partial charge is 0.264 e. The maximum absolute atomic E-state index is 13.8. The van der Waals surface area contributed by atoms with Gasteiger partial charge in [-0.15, -0.1) is 0 Å². The molecule has 4 atom stereocenters. The number of aliphatic hydroxyl groups is 1. The molecule has 0 spiro atoms. The molecular formula is C35H47ClN2O5S. The second-order valence-corrected chi connectivity index (χ2v) is 16.3. The van der Waals surface area contributed by atoms with Gasteiger partial charge in [-0.05, 0) is 110 Å². The van der Waals surface area contributed by atoms with E-state index in [-0.39, 0.29) is 23.3 Å². The third kappa shape index (κ3) is 7.45. The average Bonchev–Trinajstić information content (AvgIpc) is 2.96. The minimum atomic E-state index is -4.02. The van der Waals surface area contributed by atoms with Gasteiger partial charge < -0.3 is 14.7 Å². The Kier molecular flexibility index (Phi) is 10.0. The number of carbonyl (C=O) groups excluding carboxylic acids is 1. The van der Waals surface area contributed by atoms with Gasteiger partial charge in [-0.1, -0.05) is 57.5 Å². The summed E-state index contributed by atoms with van der Waals surface area (Å²) in [5.41, 5.74) is 2.64. The second-order valence-electron chi connectivity index (χ2n) is 14.0. The van der Waals surface area contributed by atoms with Crippen LogP contribution in [0.1, 0.15) is 87.7 Å². The fourth-order valence-electron chi connectivity index (χ4n) is 6.97. The second kappa shape index (κ2) is 13.4. The summed E-state index contributed by atoms with van der Waals surface area (Å²) in [5, 5.41) is 11.1. The van der Waals surface area contributed by atoms with Crippen LogP contribution in [0.15, 0.2) is 48.6 Å². The molecule has 0 saturated heterocycles. The lowest BCUT2D eigenvalue weighted by Crippen LogP contribution is -2.46. The number of hydrogen-bond donors (Lipinski definition) is 2. The first-order chi connectivity index (χ1) is 20.8. The number of amides is 1. The number of anilines is 1. The molecule has 2 aromatic carbocycles. The molecule has 0 radical (unpaired) electrons. The van der Waals surface area contributed by atoms with Crippen molar-refractivity contribution in [2.24, 2.45) is 23.2 Å². The zero-order valence-corrected chi connectivity index (χ0v) is 28.0. The maximum atomic E-state index is 13.8. The van der Waals surface area contributed by atoms with Crippen LogP contribution in [0.4, 0.5) is 5.69 Å². The van der Waals surface area contributed by atoms with Crippen LogP contribution in [-0.2, 0) is 23.1 Å². The SMILES string of the molecule is CC(C)C[C@@H]1C(C)(C)C/C=C/[C@H](O)[C@@H]2CC[C@H]2CN2CCCCc3cc(Cl)ccc3COc3ccc(cc32)C(=O)NS1(=O)=O. The first-order valence-corrected chi connectivity index (χ1v) is 18.0. The number of allylic oxidation sites excluding steroid dienone is 1. The number of aryl methyl sites for hydroxylation is 1. The van der Waals surface area contributed by atoms with Gasteiger partial charge in [-0.25, -0.2) is 13.1 Å². The largest absolute Gasteiger partial charge is 0.487 e. The molecule has 0 aromatic heterocycles. The summed E-state index contributed by atoms with van der Waals surface area (Å²) in [6, 6.07) is 11.1. The number of fused-ring (bicyclic) bond motifs is 3. The van der Waals surface area contributed by atoms with E-state index in [1.54, 1.807) is 18.2 Å². The van der Waals surface area contributed by atoms with Crippen LogP contribution in [0.25, 0.3) is 0 Å². The summed E-state index contributed by atoms with van der Waals surface area (Å²) >= 11 is 6.32. The molecule has 9 heteroatoms. The highest BCUT2D eigenvalue weighted by Gasteiger charge is 2.41. The average molecular weight is 643 g/mol. The van der Waals surface area contributed by atoms with Crippen molar-refractivity contribution < 1.29 is 23.1 Å². The van der Waals surface area contributed by atoms with E-state index in [0.717, 1.165) is 56.4 Å². The number of benzene rings is 2. The fraction of sp³-hybridized carbons (Fsp3) is 0.571. The fourth-order valence-corrected chi connectivity index (χ4v) is 9.26. The number of sulfonamides is 1. The summed E-state index contributed by atoms with van der Waals surface area (Å²) in [6.45, 7) is 9.66. The molecule has 2 bridgehead atoms. The van der Waals surface area contributed by atoms with Crippen molar-refractivity contribution >= 4 is 33.2 Å². The first-order valence-electron chi connectivity index (χ1n) is 16.0. The number of aliphatic hydroxyl groups excluding tert-OH is 1. The number of nitrogens with zero attached hydrogens (tertiary/aromatic N) is 1. The molecule has 5 rings (SSSR count). The molecule has 0 unspecified atom stereocenters. The summed E-state index contributed by atoms with van der Waals surface area (Å²) in [4.78, 5) is 15.9. The topological polar surface area (TPSA) is 95.9 Å². The highest BCUT2D eigenvalue weighted by Crippen LogP contribution is 2.42. The van der Waals surface area contributed by atoms with E-state index in [9.17, 15) is 18.3 Å². The van der Waals surface area contributed by atoms with Gasteiger partial charge in [0, 0.05) is 23.7 Å². The van der Waals surface area contributed by atoms with Crippen LogP contribution >= 0.6 is 11.6 Å². The van der Waals surface area contributed by atoms with Crippen LogP contribution in [-0.4, -0.2) is 43.9 Å². The van der Waals surface area contributed by atoms with Gasteiger partial charge in [0.2, 0.25) is 10.0 Å². The van der Waals surface area contributed by atoms with Crippen molar-refractivity contribution in [1.82, 2.24) is 4.72 Å². The van der Waals surface area contributed by atoms with Gasteiger partial charge >= 0.3 is 0 Å². The monoisotopic (exact) mass is 642 g/mol. The maximum Gasteiger partial charge on any atom is 0.264 e. The van der Waals surface area contributed by atoms with Gasteiger partial charge in [-0.3, -0.25) is 4.79 Å². The molecule has 240 valence electrons. The van der Waals surface area contributed by atoms with Gasteiger partial charge in [0.05, 0.1) is 17.0 Å². The van der Waals surface area contributed by atoms with E-state index in [0.29, 0.717) is 30.2 Å². The van der Waals surface area contributed by atoms with E-state index in [4.69, 9.17) is 16.3 Å². The van der Waals surface area contributed by atoms with Gasteiger partial charge in [-0.2, -0.15) is 0 Å². The molecule has 3 aliphatic rings. The van der Waals surface area contributed by atoms with E-state index in [1.807, 2.05) is 58.0 Å². The number of rotatable bonds is 2. The van der Waals surface area contributed by atoms with Crippen molar-refractivity contribution in [2.75, 3.05) is 18.0 Å². The molecule has 1 aliphatic carbocycles. The van der Waals surface area contributed by atoms with Crippen LogP contribution < -0.4 is 14.4 Å². The van der Waals surface area contributed by atoms with Crippen molar-refractivity contribution in [3.8, 4) is 5.75 Å². The van der Waals surface area contributed by atoms with Crippen molar-refractivity contribution in [2.45, 2.75) is 90.6 Å². The summed E-state index contributed by atoms with van der Waals surface area (Å²) in [5.74, 6) is 0.533. The molecule has 1 saturated carbocycles. The zero-order valence-electron chi connectivity index (χ0n) is 26.4. The summed E-state index contributed by atoms with van der Waals surface area (Å²) < 4.78 is 36.5. The lowest BCUT2D eigenvalue weighted by molar-refractivity contribution is 0.0460. The van der Waals surface area contributed by atoms with E-state index in [1.165, 1.54) is 5.56 Å². The van der Waals surface area contributed by atoms with E-state index >= 15 is 0 Å². The van der Waals surface area contributed by atoms with Crippen LogP contribution in [0.5, 0.6) is 5.75 Å². The number of halogens is 1. The normalized spacial score (nSPS) is 27.9. The lowest BCUT2D eigenvalue weighted by atomic mass is 9.70. The molecule has 2 heterocycles. The van der Waals surface area contributed by atoms with Gasteiger partial charge in [0.25, 0.3) is 5.91 Å². The van der Waals surface area contributed by atoms with Crippen LogP contribution in [0.3, 0.4) is 0 Å². The van der Waals surface area contributed by atoms with E-state index < -0.39 is 32.7 Å². The Labute approximate surface area is 268 Å². The molecule has 7 nitrogen and oxygen atoms in total. The predicted molar refractivity (Wildman–Crippen MR) is 177 cm³/mol. The Bertz CT molecular complexity index is 1490. The van der Waals surface area contributed by atoms with Crippen molar-refractivity contribution in [3.63, 3.8) is 0 Å². The third-order valence-electron chi connectivity index (χ3n) is 9.75. The lowest BCUT2D eigenvalue weighted by Gasteiger charge is -2.43. The molecule has 2 aromatic rings. The van der Waals surface area contributed by atoms with E-state index in [2.05, 4.69) is 9.62 Å². The highest BCUT2D eigenvalue weighted by atomic mass is 35.5. The predicted octanol–water partition coefficient (Wildman–Crippen LogP) is 6.91. The first kappa shape index (κ1) is 32.8. The summed E-state index contributed by atoms with van der Waals surface area (Å²) in [6.07, 6.45) is 8.81. The Balaban J connectivity index is 1.56. The van der Waals surface area contributed by atoms with Gasteiger partial charge in [0.1, 0.15) is 12.4 Å². The third-order valence-corrected chi connectivity index (χ3v) is 12.0. The molecule has 2 N–H and O–H groups in total. The molecule has 1 fully saturated rings. The Hall–Kier alpha value is -2.55. The van der Waals surface area contributed by atoms with Crippen LogP contribution in [0.2, 0.25) is 5.02 Å². The standard InChI is InChI=1S/C35H47ClN2O5S/c1-23(2)18-33-35(3,4)16-7-9-31(39)29-14-11-26(29)21-38-17-6-5-8-24-19-28(36)13-10-27(24)22-43-32-15-12-25(20-30(32)38)34(40)37-44(33,41)42/h7,9-10,12-13,15,19-20,23,26,29,31,33,39H,5-6,8,11,14,16-18,21-22H2,1-4H3,(H,37,40)/b9-7+/t26-,29+,31-,33+/m0/s1. The minimum Gasteiger partial charge on any atom is -0.487 e. The van der Waals surface area contributed by atoms with Crippen molar-refractivity contribution in [1.29, 1.82) is 0 Å². The minimum absolute atomic E-state index is 0.113. The molecule has 1 amide bonds. The number of carbonyl (C=O) groups is 1. The Morgan fingerprint density at radius 2 is 1.91 bits per heavy atom. The quantitative estimate of drug-likeness (QED) is 0.346. The number of ether oxygens (including phenoxy) is 1. The summed E-state index contributed by atoms with van der Waals surface area (Å²) in [7, 11) is -4.02. The number of hydrogen-bond acceptors (Lipinski definition) is 6. The number of nitrogens with one attached hydrogen (secondary N) is 1.